The lowest BCUT2D eigenvalue weighted by Crippen LogP contribution is -2.11. The van der Waals surface area contributed by atoms with E-state index < -0.39 is 5.97 Å². The van der Waals surface area contributed by atoms with Gasteiger partial charge in [0.15, 0.2) is 0 Å². The van der Waals surface area contributed by atoms with Gasteiger partial charge in [-0.1, -0.05) is 36.2 Å². The summed E-state index contributed by atoms with van der Waals surface area (Å²) >= 11 is 3.53. The number of aryl methyl sites for hydroxylation is 2. The zero-order chi connectivity index (χ0) is 19.1. The molecule has 1 heterocycles. The van der Waals surface area contributed by atoms with Crippen LogP contribution in [0.3, 0.4) is 0 Å². The third-order valence-corrected chi connectivity index (χ3v) is 4.77. The summed E-state index contributed by atoms with van der Waals surface area (Å²) in [5.41, 5.74) is 2.87. The second-order valence-electron chi connectivity index (χ2n) is 6.79. The van der Waals surface area contributed by atoms with E-state index in [9.17, 15) is 4.79 Å². The van der Waals surface area contributed by atoms with Crippen molar-refractivity contribution in [3.63, 3.8) is 0 Å². The number of halogens is 1. The van der Waals surface area contributed by atoms with Gasteiger partial charge in [-0.3, -0.25) is 9.48 Å². The van der Waals surface area contributed by atoms with Gasteiger partial charge in [-0.2, -0.15) is 5.10 Å². The van der Waals surface area contributed by atoms with Crippen LogP contribution in [0.5, 0.6) is 5.75 Å². The molecule has 2 aromatic rings. The molecule has 1 aromatic carbocycles. The van der Waals surface area contributed by atoms with Crippen molar-refractivity contribution in [1.29, 1.82) is 0 Å². The number of hydrogen-bond acceptors (Lipinski definition) is 3. The molecule has 26 heavy (non-hydrogen) atoms. The molecule has 0 radical (unpaired) electrons. The molecule has 0 fully saturated rings. The molecule has 0 saturated carbocycles. The van der Waals surface area contributed by atoms with E-state index in [1.165, 1.54) is 0 Å². The minimum Gasteiger partial charge on any atom is -0.493 e. The zero-order valence-corrected chi connectivity index (χ0v) is 17.3. The van der Waals surface area contributed by atoms with Crippen LogP contribution in [0.1, 0.15) is 50.1 Å². The lowest BCUT2D eigenvalue weighted by molar-refractivity contribution is -0.136. The Balaban J connectivity index is 2.13. The standard InChI is InChI=1S/C20H27BrN2O3/c1-4-5-14(2)13-26-19-8-6-17(21)11-16(19)12-23-15(3)10-18(22-23)7-9-20(24)25/h6,8,10-11,14H,4-5,7,9,12-13H2,1-3H3,(H,24,25). The summed E-state index contributed by atoms with van der Waals surface area (Å²) in [7, 11) is 0. The molecule has 1 atom stereocenters. The van der Waals surface area contributed by atoms with Crippen LogP contribution in [-0.2, 0) is 17.8 Å². The summed E-state index contributed by atoms with van der Waals surface area (Å²) in [6.45, 7) is 7.66. The van der Waals surface area contributed by atoms with Gasteiger partial charge in [0.2, 0.25) is 0 Å². The average molecular weight is 423 g/mol. The summed E-state index contributed by atoms with van der Waals surface area (Å²) in [6.07, 6.45) is 2.84. The third kappa shape index (κ3) is 6.16. The second-order valence-corrected chi connectivity index (χ2v) is 7.70. The molecule has 0 aliphatic heterocycles. The van der Waals surface area contributed by atoms with E-state index in [1.807, 2.05) is 29.8 Å². The van der Waals surface area contributed by atoms with Crippen molar-refractivity contribution < 1.29 is 14.6 Å². The average Bonchev–Trinajstić information content (AvgIpc) is 2.92. The van der Waals surface area contributed by atoms with Crippen LogP contribution in [0.4, 0.5) is 0 Å². The molecule has 1 aromatic heterocycles. The maximum atomic E-state index is 10.8. The Morgan fingerprint density at radius 1 is 1.38 bits per heavy atom. The van der Waals surface area contributed by atoms with Gasteiger partial charge in [0.25, 0.3) is 0 Å². The number of aromatic nitrogens is 2. The summed E-state index contributed by atoms with van der Waals surface area (Å²) in [5.74, 6) is 0.588. The van der Waals surface area contributed by atoms with Crippen LogP contribution in [0.2, 0.25) is 0 Å². The predicted molar refractivity (Wildman–Crippen MR) is 106 cm³/mol. The van der Waals surface area contributed by atoms with E-state index in [4.69, 9.17) is 9.84 Å². The first-order valence-electron chi connectivity index (χ1n) is 9.05. The van der Waals surface area contributed by atoms with Crippen molar-refractivity contribution in [2.75, 3.05) is 6.61 Å². The van der Waals surface area contributed by atoms with Gasteiger partial charge in [0.05, 0.1) is 25.3 Å². The van der Waals surface area contributed by atoms with Crippen molar-refractivity contribution in [2.45, 2.75) is 53.0 Å². The van der Waals surface area contributed by atoms with E-state index in [0.717, 1.165) is 40.0 Å². The van der Waals surface area contributed by atoms with Gasteiger partial charge >= 0.3 is 5.97 Å². The van der Waals surface area contributed by atoms with E-state index in [-0.39, 0.29) is 6.42 Å². The first-order chi connectivity index (χ1) is 12.4. The molecular weight excluding hydrogens is 396 g/mol. The van der Waals surface area contributed by atoms with E-state index in [1.54, 1.807) is 0 Å². The zero-order valence-electron chi connectivity index (χ0n) is 15.7. The summed E-state index contributed by atoms with van der Waals surface area (Å²) in [5, 5.41) is 13.4. The lowest BCUT2D eigenvalue weighted by atomic mass is 10.1. The Morgan fingerprint density at radius 2 is 2.15 bits per heavy atom. The van der Waals surface area contributed by atoms with Gasteiger partial charge in [-0.15, -0.1) is 0 Å². The first-order valence-corrected chi connectivity index (χ1v) is 9.84. The lowest BCUT2D eigenvalue weighted by Gasteiger charge is -2.16. The largest absolute Gasteiger partial charge is 0.493 e. The fourth-order valence-corrected chi connectivity index (χ4v) is 3.29. The molecule has 0 aliphatic carbocycles. The van der Waals surface area contributed by atoms with Crippen LogP contribution < -0.4 is 4.74 Å². The molecule has 1 unspecified atom stereocenters. The van der Waals surface area contributed by atoms with Crippen molar-refractivity contribution in [3.8, 4) is 5.75 Å². The van der Waals surface area contributed by atoms with E-state index in [0.29, 0.717) is 25.5 Å². The minimum atomic E-state index is -0.805. The molecule has 0 spiro atoms. The van der Waals surface area contributed by atoms with Crippen LogP contribution in [0.15, 0.2) is 28.7 Å². The molecule has 0 amide bonds. The molecule has 142 valence electrons. The van der Waals surface area contributed by atoms with Crippen molar-refractivity contribution in [3.05, 3.63) is 45.7 Å². The number of ether oxygens (including phenoxy) is 1. The van der Waals surface area contributed by atoms with Crippen LogP contribution >= 0.6 is 15.9 Å². The Hall–Kier alpha value is -1.82. The highest BCUT2D eigenvalue weighted by atomic mass is 79.9. The van der Waals surface area contributed by atoms with Crippen LogP contribution in [0, 0.1) is 12.8 Å². The van der Waals surface area contributed by atoms with E-state index in [2.05, 4.69) is 40.9 Å². The Bertz CT molecular complexity index is 743. The monoisotopic (exact) mass is 422 g/mol. The summed E-state index contributed by atoms with van der Waals surface area (Å²) < 4.78 is 8.97. The van der Waals surface area contributed by atoms with Gasteiger partial charge in [0, 0.05) is 22.2 Å². The van der Waals surface area contributed by atoms with E-state index >= 15 is 0 Å². The number of carbonyl (C=O) groups is 1. The quantitative estimate of drug-likeness (QED) is 0.594. The smallest absolute Gasteiger partial charge is 0.303 e. The number of hydrogen-bond donors (Lipinski definition) is 1. The Kier molecular flexibility index (Phi) is 7.69. The topological polar surface area (TPSA) is 64.4 Å². The number of carboxylic acids is 1. The van der Waals surface area contributed by atoms with Crippen molar-refractivity contribution in [1.82, 2.24) is 9.78 Å². The highest BCUT2D eigenvalue weighted by molar-refractivity contribution is 9.10. The Morgan fingerprint density at radius 3 is 2.85 bits per heavy atom. The molecular formula is C20H27BrN2O3. The second kappa shape index (κ2) is 9.76. The number of benzene rings is 1. The van der Waals surface area contributed by atoms with Gasteiger partial charge in [-0.25, -0.2) is 0 Å². The first kappa shape index (κ1) is 20.5. The number of rotatable bonds is 10. The fraction of sp³-hybridized carbons (Fsp3) is 0.500. The predicted octanol–water partition coefficient (Wildman–Crippen LogP) is 4.83. The molecule has 0 bridgehead atoms. The number of aliphatic carboxylic acids is 1. The van der Waals surface area contributed by atoms with Gasteiger partial charge in [-0.05, 0) is 43.5 Å². The Labute approximate surface area is 163 Å². The molecule has 6 heteroatoms. The molecule has 0 aliphatic rings. The molecule has 2 rings (SSSR count). The minimum absolute atomic E-state index is 0.0943. The summed E-state index contributed by atoms with van der Waals surface area (Å²) in [6, 6.07) is 7.97. The van der Waals surface area contributed by atoms with Crippen molar-refractivity contribution in [2.24, 2.45) is 5.92 Å². The summed E-state index contributed by atoms with van der Waals surface area (Å²) in [4.78, 5) is 10.8. The number of nitrogens with zero attached hydrogens (tertiary/aromatic N) is 2. The third-order valence-electron chi connectivity index (χ3n) is 4.27. The van der Waals surface area contributed by atoms with Gasteiger partial charge in [0.1, 0.15) is 5.75 Å². The molecule has 1 N–H and O–H groups in total. The highest BCUT2D eigenvalue weighted by Crippen LogP contribution is 2.25. The molecule has 5 nitrogen and oxygen atoms in total. The number of carboxylic acid groups (broad SMARTS) is 1. The normalized spacial score (nSPS) is 12.2. The van der Waals surface area contributed by atoms with Crippen LogP contribution in [0.25, 0.3) is 0 Å². The highest BCUT2D eigenvalue weighted by Gasteiger charge is 2.12. The maximum Gasteiger partial charge on any atom is 0.303 e. The maximum absolute atomic E-state index is 10.8. The SMILES string of the molecule is CCCC(C)COc1ccc(Br)cc1Cn1nc(CCC(=O)O)cc1C. The molecule has 0 saturated heterocycles. The fourth-order valence-electron chi connectivity index (χ4n) is 2.88. The van der Waals surface area contributed by atoms with Gasteiger partial charge < -0.3 is 9.84 Å². The van der Waals surface area contributed by atoms with Crippen LogP contribution in [-0.4, -0.2) is 27.5 Å². The van der Waals surface area contributed by atoms with Crippen molar-refractivity contribution >= 4 is 21.9 Å².